The molecule has 0 radical (unpaired) electrons. The van der Waals surface area contributed by atoms with Gasteiger partial charge in [0.1, 0.15) is 17.1 Å². The molecule has 0 spiro atoms. The van der Waals surface area contributed by atoms with E-state index in [1.165, 1.54) is 13.2 Å². The van der Waals surface area contributed by atoms with E-state index >= 15 is 0 Å². The van der Waals surface area contributed by atoms with Crippen molar-refractivity contribution in [2.45, 2.75) is 6.92 Å². The molecule has 0 bridgehead atoms. The summed E-state index contributed by atoms with van der Waals surface area (Å²) in [6.45, 7) is 1.13. The zero-order valence-corrected chi connectivity index (χ0v) is 17.5. The molecule has 0 aliphatic heterocycles. The number of hydrogen-bond acceptors (Lipinski definition) is 6. The van der Waals surface area contributed by atoms with Crippen molar-refractivity contribution in [3.8, 4) is 11.5 Å². The Balaban J connectivity index is 1.54. The van der Waals surface area contributed by atoms with Crippen LogP contribution in [0.25, 0.3) is 0 Å². The molecule has 32 heavy (non-hydrogen) atoms. The second kappa shape index (κ2) is 10.1. The molecule has 0 aromatic heterocycles. The summed E-state index contributed by atoms with van der Waals surface area (Å²) < 4.78 is 10.2. The fraction of sp³-hybridized carbons (Fsp3) is 0.125. The number of benzene rings is 3. The van der Waals surface area contributed by atoms with Crippen LogP contribution >= 0.6 is 0 Å². The highest BCUT2D eigenvalue weighted by atomic mass is 16.5. The van der Waals surface area contributed by atoms with Gasteiger partial charge < -0.3 is 25.2 Å². The smallest absolute Gasteiger partial charge is 0.342 e. The van der Waals surface area contributed by atoms with Crippen LogP contribution in [0.5, 0.6) is 11.5 Å². The Bertz CT molecular complexity index is 1140. The number of phenols is 1. The first-order chi connectivity index (χ1) is 15.4. The minimum atomic E-state index is -0.801. The van der Waals surface area contributed by atoms with Gasteiger partial charge in [-0.2, -0.15) is 0 Å². The summed E-state index contributed by atoms with van der Waals surface area (Å²) in [7, 11) is 1.52. The Hall–Kier alpha value is -4.33. The maximum Gasteiger partial charge on any atom is 0.342 e. The normalized spacial score (nSPS) is 10.2. The van der Waals surface area contributed by atoms with E-state index < -0.39 is 18.5 Å². The lowest BCUT2D eigenvalue weighted by molar-refractivity contribution is -0.119. The molecule has 3 rings (SSSR count). The minimum Gasteiger partial charge on any atom is -0.507 e. The number of carbonyl (C=O) groups excluding carboxylic acids is 3. The predicted octanol–water partition coefficient (Wildman–Crippen LogP) is 3.76. The molecule has 0 saturated heterocycles. The number of rotatable bonds is 7. The number of ether oxygens (including phenoxy) is 2. The maximum atomic E-state index is 12.4. The summed E-state index contributed by atoms with van der Waals surface area (Å²) in [6, 6.07) is 17.9. The lowest BCUT2D eigenvalue weighted by Gasteiger charge is -2.11. The number of methoxy groups -OCH3 is 1. The number of aromatic hydroxyl groups is 1. The SMILES string of the molecule is COc1ccccc1NC(=O)c1ccc(NC(=O)COC(=O)c2cccc(C)c2O)cc1. The summed E-state index contributed by atoms with van der Waals surface area (Å²) >= 11 is 0. The summed E-state index contributed by atoms with van der Waals surface area (Å²) in [6.07, 6.45) is 0. The number of phenolic OH excluding ortho intramolecular Hbond substituents is 1. The average Bonchev–Trinajstić information content (AvgIpc) is 2.80. The first-order valence-electron chi connectivity index (χ1n) is 9.69. The van der Waals surface area contributed by atoms with E-state index in [1.807, 2.05) is 0 Å². The van der Waals surface area contributed by atoms with E-state index in [2.05, 4.69) is 10.6 Å². The molecule has 0 saturated carbocycles. The van der Waals surface area contributed by atoms with Crippen molar-refractivity contribution in [3.05, 3.63) is 83.4 Å². The van der Waals surface area contributed by atoms with Crippen LogP contribution in [-0.2, 0) is 9.53 Å². The number of hydrogen-bond donors (Lipinski definition) is 3. The van der Waals surface area contributed by atoms with E-state index in [-0.39, 0.29) is 17.2 Å². The molecular formula is C24H22N2O6. The Kier molecular flexibility index (Phi) is 7.07. The van der Waals surface area contributed by atoms with Crippen molar-refractivity contribution in [2.75, 3.05) is 24.4 Å². The Morgan fingerprint density at radius 2 is 1.62 bits per heavy atom. The van der Waals surface area contributed by atoms with Gasteiger partial charge >= 0.3 is 5.97 Å². The van der Waals surface area contributed by atoms with Gasteiger partial charge in [0, 0.05) is 11.3 Å². The van der Waals surface area contributed by atoms with Crippen molar-refractivity contribution in [1.29, 1.82) is 0 Å². The summed E-state index contributed by atoms with van der Waals surface area (Å²) in [5, 5.41) is 15.3. The van der Waals surface area contributed by atoms with Gasteiger partial charge in [-0.05, 0) is 55.0 Å². The quantitative estimate of drug-likeness (QED) is 0.488. The number of para-hydroxylation sites is 3. The zero-order chi connectivity index (χ0) is 23.1. The highest BCUT2D eigenvalue weighted by Crippen LogP contribution is 2.24. The van der Waals surface area contributed by atoms with Crippen LogP contribution in [-0.4, -0.2) is 36.6 Å². The molecule has 0 heterocycles. The van der Waals surface area contributed by atoms with E-state index in [1.54, 1.807) is 67.6 Å². The molecule has 0 aliphatic rings. The maximum absolute atomic E-state index is 12.4. The second-order valence-corrected chi connectivity index (χ2v) is 6.83. The number of carbonyl (C=O) groups is 3. The second-order valence-electron chi connectivity index (χ2n) is 6.83. The number of nitrogens with one attached hydrogen (secondary N) is 2. The molecule has 164 valence electrons. The van der Waals surface area contributed by atoms with Gasteiger partial charge in [0.2, 0.25) is 0 Å². The highest BCUT2D eigenvalue weighted by Gasteiger charge is 2.16. The van der Waals surface area contributed by atoms with Crippen LogP contribution in [0.4, 0.5) is 11.4 Å². The van der Waals surface area contributed by atoms with Crippen LogP contribution in [0.2, 0.25) is 0 Å². The third-order valence-electron chi connectivity index (χ3n) is 4.58. The standard InChI is InChI=1S/C24H22N2O6/c1-15-6-5-7-18(22(15)28)24(30)32-14-21(27)25-17-12-10-16(11-13-17)23(29)26-19-8-3-4-9-20(19)31-2/h3-13,28H,14H2,1-2H3,(H,25,27)(H,26,29). The van der Waals surface area contributed by atoms with Crippen LogP contribution in [0, 0.1) is 6.92 Å². The molecule has 0 atom stereocenters. The van der Waals surface area contributed by atoms with Gasteiger partial charge in [0.15, 0.2) is 6.61 Å². The molecule has 3 aromatic carbocycles. The monoisotopic (exact) mass is 434 g/mol. The van der Waals surface area contributed by atoms with Crippen molar-refractivity contribution < 1.29 is 29.0 Å². The fourth-order valence-corrected chi connectivity index (χ4v) is 2.88. The first-order valence-corrected chi connectivity index (χ1v) is 9.69. The van der Waals surface area contributed by atoms with Gasteiger partial charge in [0.05, 0.1) is 12.8 Å². The molecule has 2 amide bonds. The molecule has 3 N–H and O–H groups in total. The van der Waals surface area contributed by atoms with Crippen LogP contribution in [0.3, 0.4) is 0 Å². The van der Waals surface area contributed by atoms with Crippen molar-refractivity contribution in [3.63, 3.8) is 0 Å². The largest absolute Gasteiger partial charge is 0.507 e. The average molecular weight is 434 g/mol. The number of amides is 2. The zero-order valence-electron chi connectivity index (χ0n) is 17.5. The van der Waals surface area contributed by atoms with Crippen LogP contribution < -0.4 is 15.4 Å². The van der Waals surface area contributed by atoms with E-state index in [0.717, 1.165) is 0 Å². The molecule has 0 unspecified atom stereocenters. The highest BCUT2D eigenvalue weighted by molar-refractivity contribution is 6.05. The summed E-state index contributed by atoms with van der Waals surface area (Å²) in [5.41, 5.74) is 1.87. The van der Waals surface area contributed by atoms with Gasteiger partial charge in [-0.25, -0.2) is 4.79 Å². The Morgan fingerprint density at radius 3 is 2.34 bits per heavy atom. The fourth-order valence-electron chi connectivity index (χ4n) is 2.88. The Labute approximate surface area is 184 Å². The topological polar surface area (TPSA) is 114 Å². The molecular weight excluding hydrogens is 412 g/mol. The molecule has 0 aliphatic carbocycles. The lowest BCUT2D eigenvalue weighted by Crippen LogP contribution is -2.21. The van der Waals surface area contributed by atoms with E-state index in [0.29, 0.717) is 28.3 Å². The van der Waals surface area contributed by atoms with Gasteiger partial charge in [-0.1, -0.05) is 24.3 Å². The number of aryl methyl sites for hydroxylation is 1. The third-order valence-corrected chi connectivity index (χ3v) is 4.58. The molecule has 8 nitrogen and oxygen atoms in total. The third kappa shape index (κ3) is 5.42. The number of anilines is 2. The van der Waals surface area contributed by atoms with Crippen LogP contribution in [0.1, 0.15) is 26.3 Å². The number of esters is 1. The van der Waals surface area contributed by atoms with Crippen molar-refractivity contribution in [2.24, 2.45) is 0 Å². The predicted molar refractivity (Wildman–Crippen MR) is 119 cm³/mol. The molecule has 3 aromatic rings. The van der Waals surface area contributed by atoms with Gasteiger partial charge in [-0.15, -0.1) is 0 Å². The Morgan fingerprint density at radius 1 is 0.906 bits per heavy atom. The lowest BCUT2D eigenvalue weighted by atomic mass is 10.1. The van der Waals surface area contributed by atoms with E-state index in [9.17, 15) is 19.5 Å². The minimum absolute atomic E-state index is 0.0109. The first kappa shape index (κ1) is 22.4. The van der Waals surface area contributed by atoms with Gasteiger partial charge in [0.25, 0.3) is 11.8 Å². The van der Waals surface area contributed by atoms with E-state index in [4.69, 9.17) is 9.47 Å². The van der Waals surface area contributed by atoms with Gasteiger partial charge in [-0.3, -0.25) is 9.59 Å². The van der Waals surface area contributed by atoms with Crippen molar-refractivity contribution >= 4 is 29.2 Å². The summed E-state index contributed by atoms with van der Waals surface area (Å²) in [4.78, 5) is 36.6. The molecule has 0 fully saturated rings. The molecule has 8 heteroatoms. The summed E-state index contributed by atoms with van der Waals surface area (Å²) in [5.74, 6) is -1.33. The van der Waals surface area contributed by atoms with Crippen molar-refractivity contribution in [1.82, 2.24) is 0 Å². The van der Waals surface area contributed by atoms with Crippen LogP contribution in [0.15, 0.2) is 66.7 Å².